The van der Waals surface area contributed by atoms with Crippen LogP contribution in [0, 0.1) is 6.92 Å². The first-order chi connectivity index (χ1) is 9.58. The van der Waals surface area contributed by atoms with E-state index in [9.17, 15) is 9.59 Å². The largest absolute Gasteiger partial charge is 0.477 e. The molecule has 0 aliphatic carbocycles. The van der Waals surface area contributed by atoms with Crippen LogP contribution in [0.3, 0.4) is 0 Å². The van der Waals surface area contributed by atoms with Crippen LogP contribution >= 0.6 is 11.3 Å². The van der Waals surface area contributed by atoms with Crippen LogP contribution in [0.25, 0.3) is 21.7 Å². The third-order valence-electron chi connectivity index (χ3n) is 2.90. The van der Waals surface area contributed by atoms with E-state index >= 15 is 0 Å². The zero-order valence-corrected chi connectivity index (χ0v) is 11.2. The smallest absolute Gasteiger partial charge is 0.346 e. The highest BCUT2D eigenvalue weighted by Gasteiger charge is 2.18. The summed E-state index contributed by atoms with van der Waals surface area (Å²) in [5.74, 6) is -0.717. The van der Waals surface area contributed by atoms with E-state index in [2.05, 4.69) is 15.0 Å². The number of fused-ring (bicyclic) bond motifs is 1. The molecule has 7 heteroatoms. The standard InChI is InChI=1S/C13H9N3O3S/c1-6-8-11(17)15-10(7-4-2-3-5-14-7)16-12(8)20-9(6)13(18)19/h2-5H,1H3,(H,18,19)(H,15,16,17). The van der Waals surface area contributed by atoms with Crippen molar-refractivity contribution >= 4 is 27.5 Å². The molecule has 0 aromatic carbocycles. The molecule has 20 heavy (non-hydrogen) atoms. The van der Waals surface area contributed by atoms with Crippen molar-refractivity contribution in [3.8, 4) is 11.5 Å². The fourth-order valence-corrected chi connectivity index (χ4v) is 2.99. The second-order valence-corrected chi connectivity index (χ2v) is 5.17. The van der Waals surface area contributed by atoms with Crippen molar-refractivity contribution < 1.29 is 9.90 Å². The normalized spacial score (nSPS) is 10.8. The third-order valence-corrected chi connectivity index (χ3v) is 4.08. The lowest BCUT2D eigenvalue weighted by atomic mass is 10.2. The van der Waals surface area contributed by atoms with Gasteiger partial charge in [0.2, 0.25) is 0 Å². The van der Waals surface area contributed by atoms with Crippen LogP contribution in [0.15, 0.2) is 29.2 Å². The first kappa shape index (κ1) is 12.5. The van der Waals surface area contributed by atoms with E-state index < -0.39 is 5.97 Å². The van der Waals surface area contributed by atoms with Gasteiger partial charge in [-0.1, -0.05) is 6.07 Å². The summed E-state index contributed by atoms with van der Waals surface area (Å²) >= 11 is 0.997. The molecular weight excluding hydrogens is 278 g/mol. The fourth-order valence-electron chi connectivity index (χ4n) is 1.97. The third kappa shape index (κ3) is 1.88. The van der Waals surface area contributed by atoms with Crippen LogP contribution in [0.2, 0.25) is 0 Å². The second-order valence-electron chi connectivity index (χ2n) is 4.17. The van der Waals surface area contributed by atoms with Crippen LogP contribution in [0.4, 0.5) is 0 Å². The number of pyridine rings is 1. The zero-order valence-electron chi connectivity index (χ0n) is 10.4. The number of carboxylic acids is 1. The maximum absolute atomic E-state index is 12.1. The van der Waals surface area contributed by atoms with E-state index in [0.29, 0.717) is 27.3 Å². The van der Waals surface area contributed by atoms with Gasteiger partial charge in [0.05, 0.1) is 5.39 Å². The number of nitrogens with zero attached hydrogens (tertiary/aromatic N) is 2. The molecule has 3 heterocycles. The lowest BCUT2D eigenvalue weighted by molar-refractivity contribution is 0.0701. The van der Waals surface area contributed by atoms with Crippen molar-refractivity contribution in [3.63, 3.8) is 0 Å². The number of carboxylic acid groups (broad SMARTS) is 1. The number of thiophene rings is 1. The Hall–Kier alpha value is -2.54. The maximum Gasteiger partial charge on any atom is 0.346 e. The Morgan fingerprint density at radius 2 is 2.20 bits per heavy atom. The number of hydrogen-bond donors (Lipinski definition) is 2. The molecule has 100 valence electrons. The molecule has 3 aromatic heterocycles. The summed E-state index contributed by atoms with van der Waals surface area (Å²) in [6.07, 6.45) is 1.60. The Balaban J connectivity index is 2.31. The molecule has 0 radical (unpaired) electrons. The summed E-state index contributed by atoms with van der Waals surface area (Å²) in [6.45, 7) is 1.61. The van der Waals surface area contributed by atoms with E-state index in [1.165, 1.54) is 0 Å². The van der Waals surface area contributed by atoms with E-state index in [1.54, 1.807) is 31.3 Å². The fraction of sp³-hybridized carbons (Fsp3) is 0.0769. The average molecular weight is 287 g/mol. The number of aryl methyl sites for hydroxylation is 1. The van der Waals surface area contributed by atoms with Gasteiger partial charge in [-0.3, -0.25) is 9.78 Å². The van der Waals surface area contributed by atoms with Crippen molar-refractivity contribution in [1.82, 2.24) is 15.0 Å². The van der Waals surface area contributed by atoms with E-state index in [-0.39, 0.29) is 10.4 Å². The molecule has 0 saturated heterocycles. The molecule has 0 aliphatic rings. The van der Waals surface area contributed by atoms with Gasteiger partial charge in [0.1, 0.15) is 15.4 Å². The van der Waals surface area contributed by atoms with Crippen LogP contribution in [-0.2, 0) is 0 Å². The summed E-state index contributed by atoms with van der Waals surface area (Å²) in [4.78, 5) is 34.8. The molecular formula is C13H9N3O3S. The van der Waals surface area contributed by atoms with Crippen LogP contribution in [-0.4, -0.2) is 26.0 Å². The number of carbonyl (C=O) groups is 1. The van der Waals surface area contributed by atoms with Gasteiger partial charge in [0.25, 0.3) is 5.56 Å². The van der Waals surface area contributed by atoms with E-state index in [0.717, 1.165) is 11.3 Å². The van der Waals surface area contributed by atoms with Crippen molar-refractivity contribution in [3.05, 3.63) is 45.2 Å². The van der Waals surface area contributed by atoms with Crippen LogP contribution in [0.5, 0.6) is 0 Å². The second kappa shape index (κ2) is 4.53. The Morgan fingerprint density at radius 3 is 2.85 bits per heavy atom. The van der Waals surface area contributed by atoms with Gasteiger partial charge in [0, 0.05) is 6.20 Å². The summed E-state index contributed by atoms with van der Waals surface area (Å²) in [5, 5.41) is 9.43. The van der Waals surface area contributed by atoms with E-state index in [4.69, 9.17) is 5.11 Å². The molecule has 3 aromatic rings. The highest BCUT2D eigenvalue weighted by atomic mass is 32.1. The van der Waals surface area contributed by atoms with Crippen LogP contribution < -0.4 is 5.56 Å². The molecule has 0 unspecified atom stereocenters. The molecule has 6 nitrogen and oxygen atoms in total. The molecule has 3 rings (SSSR count). The van der Waals surface area contributed by atoms with Gasteiger partial charge in [-0.2, -0.15) is 0 Å². The Bertz CT molecular complexity index is 868. The number of hydrogen-bond acceptors (Lipinski definition) is 5. The Labute approximate surface area is 116 Å². The number of H-pyrrole nitrogens is 1. The monoisotopic (exact) mass is 287 g/mol. The molecule has 0 aliphatic heterocycles. The maximum atomic E-state index is 12.1. The van der Waals surface area contributed by atoms with Gasteiger partial charge < -0.3 is 10.1 Å². The summed E-state index contributed by atoms with van der Waals surface area (Å²) in [6, 6.07) is 5.27. The average Bonchev–Trinajstić information content (AvgIpc) is 2.77. The van der Waals surface area contributed by atoms with Gasteiger partial charge in [-0.15, -0.1) is 11.3 Å². The Morgan fingerprint density at radius 1 is 1.40 bits per heavy atom. The van der Waals surface area contributed by atoms with Gasteiger partial charge in [-0.25, -0.2) is 9.78 Å². The zero-order chi connectivity index (χ0) is 14.3. The highest BCUT2D eigenvalue weighted by Crippen LogP contribution is 2.27. The van der Waals surface area contributed by atoms with E-state index in [1.807, 2.05) is 0 Å². The molecule has 2 N–H and O–H groups in total. The first-order valence-corrected chi connectivity index (χ1v) is 6.57. The first-order valence-electron chi connectivity index (χ1n) is 5.76. The Kier molecular flexibility index (Phi) is 2.83. The summed E-state index contributed by atoms with van der Waals surface area (Å²) < 4.78 is 0. The minimum Gasteiger partial charge on any atom is -0.477 e. The minimum atomic E-state index is -1.05. The van der Waals surface area contributed by atoms with Crippen LogP contribution in [0.1, 0.15) is 15.2 Å². The van der Waals surface area contributed by atoms with Crippen molar-refractivity contribution in [2.45, 2.75) is 6.92 Å². The predicted molar refractivity (Wildman–Crippen MR) is 75.2 cm³/mol. The quantitative estimate of drug-likeness (QED) is 0.752. The topological polar surface area (TPSA) is 95.9 Å². The molecule has 0 atom stereocenters. The van der Waals surface area contributed by atoms with Crippen molar-refractivity contribution in [2.75, 3.05) is 0 Å². The number of nitrogens with one attached hydrogen (secondary N) is 1. The lowest BCUT2D eigenvalue weighted by Gasteiger charge is -1.99. The minimum absolute atomic E-state index is 0.135. The highest BCUT2D eigenvalue weighted by molar-refractivity contribution is 7.20. The van der Waals surface area contributed by atoms with Crippen molar-refractivity contribution in [1.29, 1.82) is 0 Å². The lowest BCUT2D eigenvalue weighted by Crippen LogP contribution is -2.09. The number of aromatic nitrogens is 3. The van der Waals surface area contributed by atoms with Crippen molar-refractivity contribution in [2.24, 2.45) is 0 Å². The molecule has 0 bridgehead atoms. The molecule has 0 amide bonds. The number of aromatic amines is 1. The number of rotatable bonds is 2. The summed E-state index contributed by atoms with van der Waals surface area (Å²) in [7, 11) is 0. The SMILES string of the molecule is Cc1c(C(=O)O)sc2nc(-c3ccccn3)[nH]c(=O)c12. The number of aromatic carboxylic acids is 1. The molecule has 0 fully saturated rings. The van der Waals surface area contributed by atoms with Gasteiger partial charge in [0.15, 0.2) is 5.82 Å². The predicted octanol–water partition coefficient (Wildman–Crippen LogP) is 2.05. The van der Waals surface area contributed by atoms with Gasteiger partial charge in [-0.05, 0) is 24.6 Å². The molecule has 0 saturated carbocycles. The molecule has 0 spiro atoms. The summed E-state index contributed by atoms with van der Waals surface area (Å²) in [5.41, 5.74) is 0.630. The van der Waals surface area contributed by atoms with Gasteiger partial charge >= 0.3 is 5.97 Å².